The highest BCUT2D eigenvalue weighted by Crippen LogP contribution is 2.40. The summed E-state index contributed by atoms with van der Waals surface area (Å²) in [6, 6.07) is 4.85. The average molecular weight is 247 g/mol. The molecular formula is C16H25NO. The van der Waals surface area contributed by atoms with Crippen molar-refractivity contribution in [1.29, 1.82) is 0 Å². The summed E-state index contributed by atoms with van der Waals surface area (Å²) in [4.78, 5) is 0. The first kappa shape index (κ1) is 13.4. The van der Waals surface area contributed by atoms with Crippen LogP contribution in [0.4, 0.5) is 0 Å². The Morgan fingerprint density at radius 1 is 1.33 bits per heavy atom. The Labute approximate surface area is 111 Å². The lowest BCUT2D eigenvalue weighted by atomic mass is 9.94. The molecule has 0 amide bonds. The second-order valence-corrected chi connectivity index (χ2v) is 5.49. The van der Waals surface area contributed by atoms with E-state index in [1.807, 2.05) is 0 Å². The van der Waals surface area contributed by atoms with Crippen LogP contribution in [-0.4, -0.2) is 13.7 Å². The molecule has 0 spiro atoms. The fraction of sp³-hybridized carbons (Fsp3) is 0.625. The lowest BCUT2D eigenvalue weighted by Gasteiger charge is -2.23. The zero-order chi connectivity index (χ0) is 13.1. The average Bonchev–Trinajstić information content (AvgIpc) is 3.11. The summed E-state index contributed by atoms with van der Waals surface area (Å²) in [5.74, 6) is 1.96. The van der Waals surface area contributed by atoms with Gasteiger partial charge in [0.25, 0.3) is 0 Å². The van der Waals surface area contributed by atoms with Crippen LogP contribution < -0.4 is 10.1 Å². The molecule has 2 heteroatoms. The molecule has 1 aliphatic rings. The van der Waals surface area contributed by atoms with Crippen LogP contribution in [0, 0.1) is 19.8 Å². The molecule has 1 unspecified atom stereocenters. The molecule has 0 radical (unpaired) electrons. The quantitative estimate of drug-likeness (QED) is 0.826. The van der Waals surface area contributed by atoms with E-state index >= 15 is 0 Å². The fourth-order valence-electron chi connectivity index (χ4n) is 2.79. The van der Waals surface area contributed by atoms with Gasteiger partial charge >= 0.3 is 0 Å². The molecule has 0 aromatic heterocycles. The molecular weight excluding hydrogens is 222 g/mol. The largest absolute Gasteiger partial charge is 0.496 e. The molecule has 0 aliphatic heterocycles. The van der Waals surface area contributed by atoms with Crippen LogP contribution in [0.1, 0.15) is 48.9 Å². The number of hydrogen-bond acceptors (Lipinski definition) is 2. The second kappa shape index (κ2) is 5.75. The zero-order valence-corrected chi connectivity index (χ0v) is 12.0. The molecule has 1 atom stereocenters. The summed E-state index contributed by atoms with van der Waals surface area (Å²) in [5.41, 5.74) is 3.98. The van der Waals surface area contributed by atoms with E-state index in [9.17, 15) is 0 Å². The Morgan fingerprint density at radius 3 is 2.61 bits per heavy atom. The topological polar surface area (TPSA) is 21.3 Å². The lowest BCUT2D eigenvalue weighted by molar-refractivity contribution is 0.391. The maximum atomic E-state index is 5.60. The van der Waals surface area contributed by atoms with Crippen molar-refractivity contribution in [3.63, 3.8) is 0 Å². The number of aryl methyl sites for hydroxylation is 2. The smallest absolute Gasteiger partial charge is 0.124 e. The van der Waals surface area contributed by atoms with Crippen LogP contribution in [0.25, 0.3) is 0 Å². The summed E-state index contributed by atoms with van der Waals surface area (Å²) in [5, 5.41) is 3.63. The Hall–Kier alpha value is -1.02. The molecule has 0 saturated heterocycles. The summed E-state index contributed by atoms with van der Waals surface area (Å²) >= 11 is 0. The SMILES string of the molecule is CCNC(CC1CC1)c1c(C)cc(C)cc1OC. The van der Waals surface area contributed by atoms with Crippen LogP contribution in [-0.2, 0) is 0 Å². The molecule has 1 aromatic rings. The van der Waals surface area contributed by atoms with Crippen molar-refractivity contribution >= 4 is 0 Å². The number of methoxy groups -OCH3 is 1. The first-order chi connectivity index (χ1) is 8.65. The Balaban J connectivity index is 2.31. The molecule has 1 fully saturated rings. The van der Waals surface area contributed by atoms with Gasteiger partial charge in [-0.15, -0.1) is 0 Å². The highest BCUT2D eigenvalue weighted by atomic mass is 16.5. The van der Waals surface area contributed by atoms with Gasteiger partial charge in [0.2, 0.25) is 0 Å². The molecule has 0 heterocycles. The first-order valence-electron chi connectivity index (χ1n) is 7.04. The van der Waals surface area contributed by atoms with Crippen molar-refractivity contribution in [2.45, 2.75) is 46.1 Å². The number of nitrogens with one attached hydrogen (secondary N) is 1. The lowest BCUT2D eigenvalue weighted by Crippen LogP contribution is -2.23. The molecule has 1 aromatic carbocycles. The minimum atomic E-state index is 0.443. The van der Waals surface area contributed by atoms with Gasteiger partial charge in [-0.1, -0.05) is 25.8 Å². The predicted molar refractivity (Wildman–Crippen MR) is 76.2 cm³/mol. The highest BCUT2D eigenvalue weighted by Gasteiger charge is 2.28. The van der Waals surface area contributed by atoms with Gasteiger partial charge in [0, 0.05) is 11.6 Å². The molecule has 100 valence electrons. The minimum Gasteiger partial charge on any atom is -0.496 e. The zero-order valence-electron chi connectivity index (χ0n) is 12.0. The summed E-state index contributed by atoms with van der Waals surface area (Å²) in [6.07, 6.45) is 4.04. The summed E-state index contributed by atoms with van der Waals surface area (Å²) in [7, 11) is 1.78. The molecule has 2 nitrogen and oxygen atoms in total. The summed E-state index contributed by atoms with van der Waals surface area (Å²) < 4.78 is 5.60. The first-order valence-corrected chi connectivity index (χ1v) is 7.04. The van der Waals surface area contributed by atoms with Crippen LogP contribution in [0.5, 0.6) is 5.75 Å². The maximum Gasteiger partial charge on any atom is 0.124 e. The van der Waals surface area contributed by atoms with E-state index < -0.39 is 0 Å². The van der Waals surface area contributed by atoms with Crippen LogP contribution >= 0.6 is 0 Å². The van der Waals surface area contributed by atoms with Crippen LogP contribution in [0.3, 0.4) is 0 Å². The Kier molecular flexibility index (Phi) is 4.28. The van der Waals surface area contributed by atoms with Crippen LogP contribution in [0.15, 0.2) is 12.1 Å². The van der Waals surface area contributed by atoms with Crippen molar-refractivity contribution < 1.29 is 4.74 Å². The van der Waals surface area contributed by atoms with E-state index in [0.717, 1.165) is 18.2 Å². The van der Waals surface area contributed by atoms with Crippen molar-refractivity contribution in [2.24, 2.45) is 5.92 Å². The van der Waals surface area contributed by atoms with E-state index in [0.29, 0.717) is 6.04 Å². The van der Waals surface area contributed by atoms with Crippen molar-refractivity contribution in [2.75, 3.05) is 13.7 Å². The molecule has 1 aliphatic carbocycles. The minimum absolute atomic E-state index is 0.443. The molecule has 0 bridgehead atoms. The van der Waals surface area contributed by atoms with E-state index in [-0.39, 0.29) is 0 Å². The van der Waals surface area contributed by atoms with E-state index in [4.69, 9.17) is 4.74 Å². The van der Waals surface area contributed by atoms with Gasteiger partial charge in [-0.05, 0) is 49.9 Å². The van der Waals surface area contributed by atoms with Crippen LogP contribution in [0.2, 0.25) is 0 Å². The van der Waals surface area contributed by atoms with Crippen molar-refractivity contribution in [3.8, 4) is 5.75 Å². The van der Waals surface area contributed by atoms with Gasteiger partial charge in [0.15, 0.2) is 0 Å². The van der Waals surface area contributed by atoms with Crippen molar-refractivity contribution in [1.82, 2.24) is 5.32 Å². The van der Waals surface area contributed by atoms with Gasteiger partial charge in [0.05, 0.1) is 7.11 Å². The van der Waals surface area contributed by atoms with Gasteiger partial charge in [-0.2, -0.15) is 0 Å². The number of benzene rings is 1. The van der Waals surface area contributed by atoms with Gasteiger partial charge in [-0.25, -0.2) is 0 Å². The molecule has 2 rings (SSSR count). The normalized spacial score (nSPS) is 16.7. The Bertz CT molecular complexity index is 410. The highest BCUT2D eigenvalue weighted by molar-refractivity contribution is 5.45. The summed E-state index contributed by atoms with van der Waals surface area (Å²) in [6.45, 7) is 7.51. The third-order valence-corrected chi connectivity index (χ3v) is 3.78. The van der Waals surface area contributed by atoms with E-state index in [2.05, 4.69) is 38.2 Å². The third kappa shape index (κ3) is 3.05. The third-order valence-electron chi connectivity index (χ3n) is 3.78. The van der Waals surface area contributed by atoms with Gasteiger partial charge < -0.3 is 10.1 Å². The fourth-order valence-corrected chi connectivity index (χ4v) is 2.79. The number of rotatable bonds is 6. The molecule has 1 N–H and O–H groups in total. The van der Waals surface area contributed by atoms with E-state index in [1.54, 1.807) is 7.11 Å². The predicted octanol–water partition coefficient (Wildman–Crippen LogP) is 3.76. The van der Waals surface area contributed by atoms with Crippen molar-refractivity contribution in [3.05, 3.63) is 28.8 Å². The van der Waals surface area contributed by atoms with E-state index in [1.165, 1.54) is 36.0 Å². The van der Waals surface area contributed by atoms with Gasteiger partial charge in [0.1, 0.15) is 5.75 Å². The number of ether oxygens (including phenoxy) is 1. The monoisotopic (exact) mass is 247 g/mol. The Morgan fingerprint density at radius 2 is 2.06 bits per heavy atom. The standard InChI is InChI=1S/C16H25NO/c1-5-17-14(10-13-6-7-13)16-12(3)8-11(2)9-15(16)18-4/h8-9,13-14,17H,5-7,10H2,1-4H3. The molecule has 1 saturated carbocycles. The maximum absolute atomic E-state index is 5.60. The number of hydrogen-bond donors (Lipinski definition) is 1. The van der Waals surface area contributed by atoms with Gasteiger partial charge in [-0.3, -0.25) is 0 Å². The second-order valence-electron chi connectivity index (χ2n) is 5.49. The molecule has 18 heavy (non-hydrogen) atoms.